The van der Waals surface area contributed by atoms with Crippen molar-refractivity contribution in [2.45, 2.75) is 32.0 Å². The second-order valence-electron chi connectivity index (χ2n) is 7.09. The minimum absolute atomic E-state index is 0.0100. The molecule has 0 aliphatic rings. The highest BCUT2D eigenvalue weighted by Gasteiger charge is 2.24. The van der Waals surface area contributed by atoms with Crippen LogP contribution in [0.1, 0.15) is 29.5 Å². The lowest BCUT2D eigenvalue weighted by molar-refractivity contribution is -0.123. The minimum atomic E-state index is -0.309. The number of rotatable bonds is 9. The first-order valence-corrected chi connectivity index (χ1v) is 9.93. The molecule has 0 fully saturated rings. The van der Waals surface area contributed by atoms with Gasteiger partial charge >= 0.3 is 0 Å². The summed E-state index contributed by atoms with van der Waals surface area (Å²) in [5.41, 5.74) is 3.38. The Kier molecular flexibility index (Phi) is 7.42. The van der Waals surface area contributed by atoms with Gasteiger partial charge in [0.15, 0.2) is 0 Å². The molecule has 0 aliphatic heterocycles. The molecule has 3 rings (SSSR count). The number of nitrogens with one attached hydrogen (secondary N) is 2. The van der Waals surface area contributed by atoms with Crippen LogP contribution in [-0.4, -0.2) is 19.0 Å². The van der Waals surface area contributed by atoms with Gasteiger partial charge in [-0.15, -0.1) is 0 Å². The normalized spacial score (nSPS) is 12.8. The topological polar surface area (TPSA) is 50.4 Å². The van der Waals surface area contributed by atoms with Crippen LogP contribution in [0.25, 0.3) is 0 Å². The smallest absolute Gasteiger partial charge is 0.237 e. The first-order valence-electron chi connectivity index (χ1n) is 9.93. The third kappa shape index (κ3) is 5.93. The maximum absolute atomic E-state index is 12.4. The molecular formula is C25H28N2O2. The van der Waals surface area contributed by atoms with Gasteiger partial charge in [0.05, 0.1) is 6.04 Å². The first kappa shape index (κ1) is 20.6. The quantitative estimate of drug-likeness (QED) is 0.575. The van der Waals surface area contributed by atoms with Gasteiger partial charge in [-0.25, -0.2) is 0 Å². The molecule has 0 aromatic heterocycles. The van der Waals surface area contributed by atoms with Crippen molar-refractivity contribution >= 4 is 5.91 Å². The molecule has 150 valence electrons. The van der Waals surface area contributed by atoms with Crippen LogP contribution in [-0.2, 0) is 17.9 Å². The average molecular weight is 389 g/mol. The summed E-state index contributed by atoms with van der Waals surface area (Å²) in [6, 6.07) is 27.9. The lowest BCUT2D eigenvalue weighted by Crippen LogP contribution is -2.45. The van der Waals surface area contributed by atoms with E-state index in [1.54, 1.807) is 7.05 Å². The van der Waals surface area contributed by atoms with E-state index in [2.05, 4.69) is 29.7 Å². The fourth-order valence-corrected chi connectivity index (χ4v) is 3.27. The van der Waals surface area contributed by atoms with Crippen molar-refractivity contribution in [3.63, 3.8) is 0 Å². The number of benzene rings is 3. The van der Waals surface area contributed by atoms with Gasteiger partial charge in [0, 0.05) is 19.5 Å². The lowest BCUT2D eigenvalue weighted by Gasteiger charge is -2.24. The van der Waals surface area contributed by atoms with Gasteiger partial charge in [-0.1, -0.05) is 79.7 Å². The summed E-state index contributed by atoms with van der Waals surface area (Å²) in [7, 11) is 1.67. The number of hydrogen-bond donors (Lipinski definition) is 2. The highest BCUT2D eigenvalue weighted by Crippen LogP contribution is 2.20. The molecule has 0 radical (unpaired) electrons. The molecule has 0 aliphatic carbocycles. The summed E-state index contributed by atoms with van der Waals surface area (Å²) in [6.45, 7) is 3.22. The van der Waals surface area contributed by atoms with Crippen LogP contribution in [0.2, 0.25) is 0 Å². The van der Waals surface area contributed by atoms with Crippen molar-refractivity contribution in [1.29, 1.82) is 0 Å². The third-order valence-corrected chi connectivity index (χ3v) is 5.05. The van der Waals surface area contributed by atoms with E-state index in [4.69, 9.17) is 4.74 Å². The summed E-state index contributed by atoms with van der Waals surface area (Å²) in [4.78, 5) is 12.4. The zero-order valence-corrected chi connectivity index (χ0v) is 17.0. The molecule has 0 saturated heterocycles. The lowest BCUT2D eigenvalue weighted by atomic mass is 9.92. The largest absolute Gasteiger partial charge is 0.489 e. The molecular weight excluding hydrogens is 360 g/mol. The van der Waals surface area contributed by atoms with Crippen LogP contribution >= 0.6 is 0 Å². The first-order chi connectivity index (χ1) is 14.2. The van der Waals surface area contributed by atoms with Crippen molar-refractivity contribution in [2.24, 2.45) is 0 Å². The van der Waals surface area contributed by atoms with Crippen LogP contribution in [0.5, 0.6) is 5.75 Å². The summed E-state index contributed by atoms with van der Waals surface area (Å²) >= 11 is 0. The molecule has 2 unspecified atom stereocenters. The van der Waals surface area contributed by atoms with Crippen LogP contribution < -0.4 is 15.4 Å². The molecule has 0 heterocycles. The Morgan fingerprint density at radius 2 is 1.48 bits per heavy atom. The van der Waals surface area contributed by atoms with Crippen LogP contribution in [0.15, 0.2) is 84.9 Å². The van der Waals surface area contributed by atoms with E-state index in [0.29, 0.717) is 13.2 Å². The third-order valence-electron chi connectivity index (χ3n) is 5.05. The average Bonchev–Trinajstić information content (AvgIpc) is 2.79. The maximum atomic E-state index is 12.4. The van der Waals surface area contributed by atoms with Crippen molar-refractivity contribution in [1.82, 2.24) is 10.6 Å². The zero-order valence-electron chi connectivity index (χ0n) is 17.0. The number of ether oxygens (including phenoxy) is 1. The number of hydrogen-bond acceptors (Lipinski definition) is 3. The van der Waals surface area contributed by atoms with Crippen molar-refractivity contribution in [3.8, 4) is 5.75 Å². The highest BCUT2D eigenvalue weighted by atomic mass is 16.5. The number of amides is 1. The highest BCUT2D eigenvalue weighted by molar-refractivity contribution is 5.82. The predicted molar refractivity (Wildman–Crippen MR) is 117 cm³/mol. The van der Waals surface area contributed by atoms with Gasteiger partial charge in [0.2, 0.25) is 5.91 Å². The Labute approximate surface area is 172 Å². The molecule has 1 amide bonds. The molecule has 4 nitrogen and oxygen atoms in total. The van der Waals surface area contributed by atoms with Crippen molar-refractivity contribution in [2.75, 3.05) is 7.05 Å². The van der Waals surface area contributed by atoms with E-state index in [9.17, 15) is 4.79 Å². The SMILES string of the molecule is CNC(=O)C(NCc1ccc(OCc2ccccc2)cc1)C(C)c1ccccc1. The number of carbonyl (C=O) groups is 1. The Hall–Kier alpha value is -3.11. The molecule has 0 spiro atoms. The Balaban J connectivity index is 1.58. The summed E-state index contributed by atoms with van der Waals surface area (Å²) in [6.07, 6.45) is 0. The standard InChI is InChI=1S/C25H28N2O2/c1-19(22-11-7-4-8-12-22)24(25(28)26-2)27-17-20-13-15-23(16-14-20)29-18-21-9-5-3-6-10-21/h3-16,19,24,27H,17-18H2,1-2H3,(H,26,28). The minimum Gasteiger partial charge on any atom is -0.489 e. The number of likely N-dealkylation sites (N-methyl/N-ethyl adjacent to an activating group) is 1. The summed E-state index contributed by atoms with van der Waals surface area (Å²) in [5, 5.41) is 6.18. The molecule has 2 N–H and O–H groups in total. The van der Waals surface area contributed by atoms with Crippen molar-refractivity contribution in [3.05, 3.63) is 102 Å². The summed E-state index contributed by atoms with van der Waals surface area (Å²) in [5.74, 6) is 0.881. The van der Waals surface area contributed by atoms with Gasteiger partial charge in [0.25, 0.3) is 0 Å². The van der Waals surface area contributed by atoms with E-state index in [-0.39, 0.29) is 17.9 Å². The second-order valence-corrected chi connectivity index (χ2v) is 7.09. The Morgan fingerprint density at radius 3 is 2.10 bits per heavy atom. The molecule has 2 atom stereocenters. The molecule has 3 aromatic carbocycles. The van der Waals surface area contributed by atoms with E-state index < -0.39 is 0 Å². The van der Waals surface area contributed by atoms with E-state index in [1.807, 2.05) is 72.8 Å². The van der Waals surface area contributed by atoms with Gasteiger partial charge in [0.1, 0.15) is 12.4 Å². The summed E-state index contributed by atoms with van der Waals surface area (Å²) < 4.78 is 5.84. The Bertz CT molecular complexity index is 880. The fourth-order valence-electron chi connectivity index (χ4n) is 3.27. The van der Waals surface area contributed by atoms with Crippen molar-refractivity contribution < 1.29 is 9.53 Å². The predicted octanol–water partition coefficient (Wildman–Crippen LogP) is 4.27. The molecule has 0 bridgehead atoms. The molecule has 4 heteroatoms. The van der Waals surface area contributed by atoms with E-state index >= 15 is 0 Å². The molecule has 3 aromatic rings. The second kappa shape index (κ2) is 10.4. The Morgan fingerprint density at radius 1 is 0.862 bits per heavy atom. The molecule has 29 heavy (non-hydrogen) atoms. The van der Waals surface area contributed by atoms with Gasteiger partial charge in [-0.2, -0.15) is 0 Å². The van der Waals surface area contributed by atoms with E-state index in [1.165, 1.54) is 0 Å². The molecule has 0 saturated carbocycles. The maximum Gasteiger partial charge on any atom is 0.237 e. The van der Waals surface area contributed by atoms with Crippen LogP contribution in [0, 0.1) is 0 Å². The zero-order chi connectivity index (χ0) is 20.5. The fraction of sp³-hybridized carbons (Fsp3) is 0.240. The van der Waals surface area contributed by atoms with E-state index in [0.717, 1.165) is 22.4 Å². The van der Waals surface area contributed by atoms with Crippen LogP contribution in [0.3, 0.4) is 0 Å². The van der Waals surface area contributed by atoms with Gasteiger partial charge < -0.3 is 15.4 Å². The monoisotopic (exact) mass is 388 g/mol. The van der Waals surface area contributed by atoms with Gasteiger partial charge in [-0.05, 0) is 28.8 Å². The number of carbonyl (C=O) groups excluding carboxylic acids is 1. The van der Waals surface area contributed by atoms with Gasteiger partial charge in [-0.3, -0.25) is 4.79 Å². The van der Waals surface area contributed by atoms with Crippen LogP contribution in [0.4, 0.5) is 0 Å².